The van der Waals surface area contributed by atoms with Gasteiger partial charge in [-0.15, -0.1) is 0 Å². The molecule has 18 heavy (non-hydrogen) atoms. The van der Waals surface area contributed by atoms with Gasteiger partial charge in [0.15, 0.2) is 5.75 Å². The lowest BCUT2D eigenvalue weighted by Crippen LogP contribution is -2.37. The van der Waals surface area contributed by atoms with Crippen LogP contribution in [0, 0.1) is 0 Å². The number of benzene rings is 1. The van der Waals surface area contributed by atoms with Crippen molar-refractivity contribution in [2.24, 2.45) is 5.73 Å². The molecule has 2 atom stereocenters. The van der Waals surface area contributed by atoms with Gasteiger partial charge in [0.05, 0.1) is 37.3 Å². The number of ether oxygens (including phenoxy) is 2. The van der Waals surface area contributed by atoms with Crippen LogP contribution in [0.5, 0.6) is 5.75 Å². The molecule has 0 aliphatic carbocycles. The van der Waals surface area contributed by atoms with Crippen molar-refractivity contribution in [1.29, 1.82) is 0 Å². The van der Waals surface area contributed by atoms with E-state index in [9.17, 15) is 0 Å². The summed E-state index contributed by atoms with van der Waals surface area (Å²) in [4.78, 5) is 0. The van der Waals surface area contributed by atoms with E-state index in [1.165, 1.54) is 0 Å². The lowest BCUT2D eigenvalue weighted by Gasteiger charge is -2.13. The van der Waals surface area contributed by atoms with Crippen LogP contribution in [0.15, 0.2) is 42.7 Å². The number of nitrogens with two attached hydrogens (primary N) is 1. The molecule has 2 heterocycles. The van der Waals surface area contributed by atoms with E-state index in [0.29, 0.717) is 19.0 Å². The molecule has 0 radical (unpaired) electrons. The van der Waals surface area contributed by atoms with Gasteiger partial charge in [-0.3, -0.25) is 0 Å². The second-order valence-electron chi connectivity index (χ2n) is 4.31. The second-order valence-corrected chi connectivity index (χ2v) is 4.31. The number of rotatable bonds is 3. The smallest absolute Gasteiger partial charge is 0.158 e. The monoisotopic (exact) mass is 245 g/mol. The zero-order valence-electron chi connectivity index (χ0n) is 9.90. The molecule has 94 valence electrons. The molecule has 2 aromatic rings. The highest BCUT2D eigenvalue weighted by atomic mass is 16.5. The Morgan fingerprint density at radius 1 is 1.28 bits per heavy atom. The molecule has 1 aromatic heterocycles. The molecule has 1 aliphatic heterocycles. The first-order chi connectivity index (χ1) is 8.83. The van der Waals surface area contributed by atoms with Crippen LogP contribution in [0.4, 0.5) is 0 Å². The first kappa shape index (κ1) is 11.3. The normalized spacial score (nSPS) is 23.2. The Morgan fingerprint density at radius 3 is 2.83 bits per heavy atom. The molecule has 2 unspecified atom stereocenters. The van der Waals surface area contributed by atoms with Gasteiger partial charge in [-0.05, 0) is 12.1 Å². The molecule has 1 fully saturated rings. The van der Waals surface area contributed by atoms with Crippen molar-refractivity contribution in [1.82, 2.24) is 9.78 Å². The summed E-state index contributed by atoms with van der Waals surface area (Å²) in [6.07, 6.45) is 3.46. The maximum absolute atomic E-state index is 5.87. The van der Waals surface area contributed by atoms with E-state index in [1.807, 2.05) is 36.5 Å². The summed E-state index contributed by atoms with van der Waals surface area (Å²) in [6.45, 7) is 1.09. The van der Waals surface area contributed by atoms with E-state index < -0.39 is 0 Å². The van der Waals surface area contributed by atoms with E-state index in [2.05, 4.69) is 5.10 Å². The minimum absolute atomic E-state index is 0.0647. The second kappa shape index (κ2) is 4.80. The first-order valence-electron chi connectivity index (χ1n) is 5.93. The molecule has 5 nitrogen and oxygen atoms in total. The molecule has 1 aromatic carbocycles. The average Bonchev–Trinajstić information content (AvgIpc) is 3.02. The van der Waals surface area contributed by atoms with Crippen LogP contribution in [0.25, 0.3) is 5.69 Å². The lowest BCUT2D eigenvalue weighted by atomic mass is 10.2. The van der Waals surface area contributed by atoms with Crippen molar-refractivity contribution in [3.63, 3.8) is 0 Å². The molecule has 1 aliphatic rings. The molecule has 0 spiro atoms. The van der Waals surface area contributed by atoms with Crippen LogP contribution >= 0.6 is 0 Å². The Kier molecular flexibility index (Phi) is 3.00. The summed E-state index contributed by atoms with van der Waals surface area (Å²) in [6, 6.07) is 9.82. The van der Waals surface area contributed by atoms with Gasteiger partial charge < -0.3 is 15.2 Å². The van der Waals surface area contributed by atoms with E-state index >= 15 is 0 Å². The molecular weight excluding hydrogens is 230 g/mol. The molecule has 0 amide bonds. The quantitative estimate of drug-likeness (QED) is 0.875. The van der Waals surface area contributed by atoms with Gasteiger partial charge in [0.25, 0.3) is 0 Å². The third-order valence-electron chi connectivity index (χ3n) is 2.94. The molecule has 2 N–H and O–H groups in total. The fraction of sp³-hybridized carbons (Fsp3) is 0.308. The van der Waals surface area contributed by atoms with Crippen molar-refractivity contribution in [3.05, 3.63) is 42.7 Å². The van der Waals surface area contributed by atoms with Gasteiger partial charge in [-0.2, -0.15) is 5.10 Å². The van der Waals surface area contributed by atoms with Crippen molar-refractivity contribution in [3.8, 4) is 11.4 Å². The predicted octanol–water partition coefficient (Wildman–Crippen LogP) is 0.977. The first-order valence-corrected chi connectivity index (χ1v) is 5.93. The maximum Gasteiger partial charge on any atom is 0.158 e. The fourth-order valence-electron chi connectivity index (χ4n) is 1.94. The SMILES string of the molecule is NC1COCC1Oc1cnn(-c2ccccc2)c1. The highest BCUT2D eigenvalue weighted by molar-refractivity contribution is 5.32. The largest absolute Gasteiger partial charge is 0.483 e. The highest BCUT2D eigenvalue weighted by Gasteiger charge is 2.26. The van der Waals surface area contributed by atoms with E-state index in [4.69, 9.17) is 15.2 Å². The van der Waals surface area contributed by atoms with Crippen molar-refractivity contribution in [2.75, 3.05) is 13.2 Å². The summed E-state index contributed by atoms with van der Waals surface area (Å²) < 4.78 is 12.8. The predicted molar refractivity (Wildman–Crippen MR) is 66.8 cm³/mol. The number of para-hydroxylation sites is 1. The highest BCUT2D eigenvalue weighted by Crippen LogP contribution is 2.17. The third kappa shape index (κ3) is 2.23. The molecular formula is C13H15N3O2. The zero-order chi connectivity index (χ0) is 12.4. The van der Waals surface area contributed by atoms with Gasteiger partial charge in [-0.25, -0.2) is 4.68 Å². The topological polar surface area (TPSA) is 62.3 Å². The Hall–Kier alpha value is -1.85. The van der Waals surface area contributed by atoms with Crippen LogP contribution in [-0.2, 0) is 4.74 Å². The molecule has 0 bridgehead atoms. The van der Waals surface area contributed by atoms with Crippen LogP contribution in [-0.4, -0.2) is 35.1 Å². The van der Waals surface area contributed by atoms with Crippen LogP contribution in [0.2, 0.25) is 0 Å². The van der Waals surface area contributed by atoms with E-state index in [1.54, 1.807) is 10.9 Å². The Morgan fingerprint density at radius 2 is 2.11 bits per heavy atom. The number of hydrogen-bond donors (Lipinski definition) is 1. The zero-order valence-corrected chi connectivity index (χ0v) is 9.90. The van der Waals surface area contributed by atoms with Gasteiger partial charge in [0.1, 0.15) is 6.10 Å². The van der Waals surface area contributed by atoms with Gasteiger partial charge >= 0.3 is 0 Å². The van der Waals surface area contributed by atoms with Gasteiger partial charge in [-0.1, -0.05) is 18.2 Å². The van der Waals surface area contributed by atoms with Gasteiger partial charge in [0.2, 0.25) is 0 Å². The van der Waals surface area contributed by atoms with Crippen LogP contribution in [0.1, 0.15) is 0 Å². The Labute approximate surface area is 105 Å². The van der Waals surface area contributed by atoms with E-state index in [-0.39, 0.29) is 12.1 Å². The minimum Gasteiger partial charge on any atom is -0.483 e. The molecule has 3 rings (SSSR count). The molecule has 1 saturated heterocycles. The number of nitrogens with zero attached hydrogens (tertiary/aromatic N) is 2. The maximum atomic E-state index is 5.87. The summed E-state index contributed by atoms with van der Waals surface area (Å²) in [5.41, 5.74) is 6.87. The summed E-state index contributed by atoms with van der Waals surface area (Å²) in [5, 5.41) is 4.26. The van der Waals surface area contributed by atoms with Crippen LogP contribution in [0.3, 0.4) is 0 Å². The lowest BCUT2D eigenvalue weighted by molar-refractivity contribution is 0.140. The summed E-state index contributed by atoms with van der Waals surface area (Å²) >= 11 is 0. The average molecular weight is 245 g/mol. The fourth-order valence-corrected chi connectivity index (χ4v) is 1.94. The Bertz CT molecular complexity index is 512. The van der Waals surface area contributed by atoms with E-state index in [0.717, 1.165) is 5.69 Å². The van der Waals surface area contributed by atoms with Crippen molar-refractivity contribution < 1.29 is 9.47 Å². The van der Waals surface area contributed by atoms with Crippen molar-refractivity contribution in [2.45, 2.75) is 12.1 Å². The summed E-state index contributed by atoms with van der Waals surface area (Å²) in [5.74, 6) is 0.713. The Balaban J connectivity index is 1.74. The molecule has 5 heteroatoms. The molecule has 0 saturated carbocycles. The minimum atomic E-state index is -0.0848. The third-order valence-corrected chi connectivity index (χ3v) is 2.94. The van der Waals surface area contributed by atoms with Gasteiger partial charge in [0, 0.05) is 0 Å². The number of hydrogen-bond acceptors (Lipinski definition) is 4. The standard InChI is InChI=1S/C13H15N3O2/c14-12-8-17-9-13(12)18-11-6-15-16(7-11)10-4-2-1-3-5-10/h1-7,12-13H,8-9,14H2. The number of aromatic nitrogens is 2. The van der Waals surface area contributed by atoms with Crippen LogP contribution < -0.4 is 10.5 Å². The van der Waals surface area contributed by atoms with Crippen molar-refractivity contribution >= 4 is 0 Å². The summed E-state index contributed by atoms with van der Waals surface area (Å²) in [7, 11) is 0.